The summed E-state index contributed by atoms with van der Waals surface area (Å²) in [5.74, 6) is -2.16. The number of carbonyl (C=O) groups is 3. The van der Waals surface area contributed by atoms with Crippen LogP contribution in [0.4, 0.5) is 0 Å². The van der Waals surface area contributed by atoms with Crippen LogP contribution >= 0.6 is 0 Å². The van der Waals surface area contributed by atoms with E-state index in [-0.39, 0.29) is 24.4 Å². The molecule has 0 radical (unpaired) electrons. The lowest BCUT2D eigenvalue weighted by atomic mass is 10.2. The van der Waals surface area contributed by atoms with Crippen molar-refractivity contribution in [1.82, 2.24) is 15.6 Å². The van der Waals surface area contributed by atoms with Gasteiger partial charge in [-0.3, -0.25) is 25.9 Å². The van der Waals surface area contributed by atoms with Crippen LogP contribution in [0, 0.1) is 0 Å². The lowest BCUT2D eigenvalue weighted by Crippen LogP contribution is -2.48. The molecule has 10 nitrogen and oxygen atoms in total. The van der Waals surface area contributed by atoms with Gasteiger partial charge in [0.2, 0.25) is 0 Å². The number of amides is 2. The lowest BCUT2D eigenvalue weighted by molar-refractivity contribution is -0.138. The smallest absolute Gasteiger partial charge is 0.320 e. The van der Waals surface area contributed by atoms with Gasteiger partial charge >= 0.3 is 5.97 Å². The maximum Gasteiger partial charge on any atom is 0.320 e. The van der Waals surface area contributed by atoms with Gasteiger partial charge in [-0.25, -0.2) is 0 Å². The predicted octanol–water partition coefficient (Wildman–Crippen LogP) is -2.52. The monoisotopic (exact) mass is 298 g/mol. The average Bonchev–Trinajstić information content (AvgIpc) is 2.87. The van der Waals surface area contributed by atoms with Crippen LogP contribution in [0.2, 0.25) is 0 Å². The molecular formula is C11H18N6O4. The predicted molar refractivity (Wildman–Crippen MR) is 73.0 cm³/mol. The number of rotatable bonds is 7. The Morgan fingerprint density at radius 3 is 2.24 bits per heavy atom. The van der Waals surface area contributed by atoms with E-state index in [0.717, 1.165) is 0 Å². The topological polar surface area (TPSA) is 189 Å². The van der Waals surface area contributed by atoms with E-state index < -0.39 is 30.1 Å². The number of aromatic amines is 1. The Bertz CT molecular complexity index is 527. The highest BCUT2D eigenvalue weighted by Gasteiger charge is 2.15. The van der Waals surface area contributed by atoms with Gasteiger partial charge in [-0.2, -0.15) is 0 Å². The molecule has 10 heteroatoms. The molecule has 0 aliphatic heterocycles. The van der Waals surface area contributed by atoms with E-state index >= 15 is 0 Å². The molecule has 1 heterocycles. The van der Waals surface area contributed by atoms with Crippen LogP contribution in [-0.4, -0.2) is 46.8 Å². The van der Waals surface area contributed by atoms with E-state index in [1.54, 1.807) is 0 Å². The Labute approximate surface area is 120 Å². The molecule has 0 aromatic carbocycles. The number of nitrogens with one attached hydrogen (secondary N) is 3. The summed E-state index contributed by atoms with van der Waals surface area (Å²) in [6.45, 7) is 0.0977. The van der Waals surface area contributed by atoms with Crippen molar-refractivity contribution >= 4 is 17.8 Å². The van der Waals surface area contributed by atoms with Crippen LogP contribution in [0.1, 0.15) is 27.4 Å². The van der Waals surface area contributed by atoms with Crippen molar-refractivity contribution in [2.45, 2.75) is 18.8 Å². The van der Waals surface area contributed by atoms with Gasteiger partial charge in [-0.15, -0.1) is 0 Å². The molecule has 0 fully saturated rings. The zero-order valence-electron chi connectivity index (χ0n) is 11.1. The molecule has 0 aliphatic rings. The average molecular weight is 298 g/mol. The standard InChI is InChI=1S/C11H18N6O4/c12-5(10(20)21)3-4-15-8(18)6-1-2-7(16-6)9(19)17-11(13)14/h1-2,5,11,16H,3-4,12-14H2,(H,15,18)(H,17,19)(H,20,21)/t5-/m0/s1. The fourth-order valence-corrected chi connectivity index (χ4v) is 1.45. The second-order valence-corrected chi connectivity index (χ2v) is 4.27. The normalized spacial score (nSPS) is 12.0. The van der Waals surface area contributed by atoms with E-state index in [1.165, 1.54) is 12.1 Å². The fraction of sp³-hybridized carbons (Fsp3) is 0.364. The first-order chi connectivity index (χ1) is 9.81. The molecule has 0 bridgehead atoms. The van der Waals surface area contributed by atoms with Crippen LogP contribution in [0.3, 0.4) is 0 Å². The number of aliphatic carboxylic acids is 1. The molecule has 0 saturated carbocycles. The summed E-state index contributed by atoms with van der Waals surface area (Å²) in [5.41, 5.74) is 16.0. The quantitative estimate of drug-likeness (QED) is 0.270. The van der Waals surface area contributed by atoms with Gasteiger partial charge in [0, 0.05) is 6.54 Å². The Kier molecular flexibility index (Phi) is 5.84. The third kappa shape index (κ3) is 5.22. The lowest BCUT2D eigenvalue weighted by Gasteiger charge is -2.07. The van der Waals surface area contributed by atoms with Crippen LogP contribution < -0.4 is 27.8 Å². The Balaban J connectivity index is 2.50. The highest BCUT2D eigenvalue weighted by atomic mass is 16.4. The first-order valence-corrected chi connectivity index (χ1v) is 6.09. The Hall–Kier alpha value is -2.43. The van der Waals surface area contributed by atoms with Crippen LogP contribution in [0.15, 0.2) is 12.1 Å². The molecule has 2 amide bonds. The SMILES string of the molecule is NC(N)NC(=O)c1ccc(C(=O)NCC[C@H](N)C(=O)O)[nH]1. The highest BCUT2D eigenvalue weighted by Crippen LogP contribution is 2.02. The van der Waals surface area contributed by atoms with E-state index in [2.05, 4.69) is 15.6 Å². The van der Waals surface area contributed by atoms with Crippen LogP contribution in [-0.2, 0) is 4.79 Å². The molecule has 1 atom stereocenters. The maximum absolute atomic E-state index is 11.7. The number of hydrogen-bond donors (Lipinski definition) is 7. The number of H-pyrrole nitrogens is 1. The summed E-state index contributed by atoms with van der Waals surface area (Å²) in [6.07, 6.45) is -0.910. The summed E-state index contributed by atoms with van der Waals surface area (Å²) in [4.78, 5) is 36.4. The number of carbonyl (C=O) groups excluding carboxylic acids is 2. The molecule has 116 valence electrons. The van der Waals surface area contributed by atoms with Crippen LogP contribution in [0.5, 0.6) is 0 Å². The zero-order chi connectivity index (χ0) is 16.0. The van der Waals surface area contributed by atoms with Gasteiger partial charge in [0.25, 0.3) is 11.8 Å². The minimum atomic E-state index is -1.14. The summed E-state index contributed by atoms with van der Waals surface area (Å²) in [6, 6.07) is 1.76. The molecule has 0 unspecified atom stereocenters. The first-order valence-electron chi connectivity index (χ1n) is 6.09. The van der Waals surface area contributed by atoms with Gasteiger partial charge < -0.3 is 26.5 Å². The minimum absolute atomic E-state index is 0.0944. The zero-order valence-corrected chi connectivity index (χ0v) is 11.1. The first kappa shape index (κ1) is 16.6. The fourth-order valence-electron chi connectivity index (χ4n) is 1.45. The van der Waals surface area contributed by atoms with Gasteiger partial charge in [-0.05, 0) is 18.6 Å². The van der Waals surface area contributed by atoms with E-state index in [9.17, 15) is 14.4 Å². The number of carboxylic acids is 1. The molecule has 10 N–H and O–H groups in total. The van der Waals surface area contributed by atoms with Crippen molar-refractivity contribution in [2.24, 2.45) is 17.2 Å². The summed E-state index contributed by atoms with van der Waals surface area (Å²) in [7, 11) is 0. The summed E-state index contributed by atoms with van der Waals surface area (Å²) >= 11 is 0. The van der Waals surface area contributed by atoms with Crippen molar-refractivity contribution in [2.75, 3.05) is 6.54 Å². The molecule has 1 rings (SSSR count). The molecule has 0 spiro atoms. The van der Waals surface area contributed by atoms with Crippen molar-refractivity contribution < 1.29 is 19.5 Å². The van der Waals surface area contributed by atoms with Gasteiger partial charge in [-0.1, -0.05) is 0 Å². The molecule has 1 aromatic heterocycles. The number of carboxylic acid groups (broad SMARTS) is 1. The second-order valence-electron chi connectivity index (χ2n) is 4.27. The van der Waals surface area contributed by atoms with Crippen molar-refractivity contribution in [3.8, 4) is 0 Å². The molecule has 0 aliphatic carbocycles. The molecule has 0 saturated heterocycles. The van der Waals surface area contributed by atoms with Crippen LogP contribution in [0.25, 0.3) is 0 Å². The van der Waals surface area contributed by atoms with Crippen molar-refractivity contribution in [1.29, 1.82) is 0 Å². The minimum Gasteiger partial charge on any atom is -0.480 e. The summed E-state index contributed by atoms with van der Waals surface area (Å²) in [5, 5.41) is 13.3. The molecule has 21 heavy (non-hydrogen) atoms. The molecule has 1 aromatic rings. The van der Waals surface area contributed by atoms with Crippen molar-refractivity contribution in [3.63, 3.8) is 0 Å². The van der Waals surface area contributed by atoms with Gasteiger partial charge in [0.05, 0.1) is 0 Å². The van der Waals surface area contributed by atoms with E-state index in [1.807, 2.05) is 0 Å². The number of aromatic nitrogens is 1. The van der Waals surface area contributed by atoms with Gasteiger partial charge in [0.15, 0.2) is 0 Å². The number of nitrogens with two attached hydrogens (primary N) is 3. The van der Waals surface area contributed by atoms with Crippen molar-refractivity contribution in [3.05, 3.63) is 23.5 Å². The summed E-state index contributed by atoms with van der Waals surface area (Å²) < 4.78 is 0. The Morgan fingerprint density at radius 1 is 1.14 bits per heavy atom. The highest BCUT2D eigenvalue weighted by molar-refractivity contribution is 5.97. The van der Waals surface area contributed by atoms with E-state index in [0.29, 0.717) is 0 Å². The number of hydrogen-bond acceptors (Lipinski definition) is 6. The second kappa shape index (κ2) is 7.38. The third-order valence-corrected chi connectivity index (χ3v) is 2.53. The molecular weight excluding hydrogens is 280 g/mol. The third-order valence-electron chi connectivity index (χ3n) is 2.53. The van der Waals surface area contributed by atoms with E-state index in [4.69, 9.17) is 22.3 Å². The maximum atomic E-state index is 11.7. The largest absolute Gasteiger partial charge is 0.480 e. The van der Waals surface area contributed by atoms with Gasteiger partial charge in [0.1, 0.15) is 23.7 Å². The Morgan fingerprint density at radius 2 is 1.71 bits per heavy atom.